The SMILES string of the molecule is CCCNS(=O)(=O)c1ccc(C(=O)N[C@H]2COC3(CCCC3)C2)cc1. The van der Waals surface area contributed by atoms with Gasteiger partial charge in [-0.15, -0.1) is 0 Å². The second-order valence-electron chi connectivity index (χ2n) is 7.00. The lowest BCUT2D eigenvalue weighted by Gasteiger charge is -2.21. The molecular formula is C18H26N2O4S. The third-order valence-corrected chi connectivity index (χ3v) is 6.50. The van der Waals surface area contributed by atoms with Crippen LogP contribution >= 0.6 is 0 Å². The molecule has 7 heteroatoms. The Labute approximate surface area is 149 Å². The molecule has 0 radical (unpaired) electrons. The van der Waals surface area contributed by atoms with Crippen LogP contribution in [0.25, 0.3) is 0 Å². The molecule has 0 unspecified atom stereocenters. The molecule has 25 heavy (non-hydrogen) atoms. The molecule has 1 aromatic rings. The number of hydrogen-bond acceptors (Lipinski definition) is 4. The second-order valence-corrected chi connectivity index (χ2v) is 8.76. The summed E-state index contributed by atoms with van der Waals surface area (Å²) in [6, 6.07) is 6.07. The van der Waals surface area contributed by atoms with Gasteiger partial charge in [-0.2, -0.15) is 0 Å². The molecule has 1 saturated carbocycles. The molecule has 1 aliphatic heterocycles. The fraction of sp³-hybridized carbons (Fsp3) is 0.611. The van der Waals surface area contributed by atoms with Gasteiger partial charge in [-0.05, 0) is 49.9 Å². The Morgan fingerprint density at radius 2 is 1.92 bits per heavy atom. The van der Waals surface area contributed by atoms with E-state index in [0.29, 0.717) is 18.7 Å². The van der Waals surface area contributed by atoms with Crippen molar-refractivity contribution in [2.75, 3.05) is 13.2 Å². The van der Waals surface area contributed by atoms with Crippen molar-refractivity contribution in [3.05, 3.63) is 29.8 Å². The van der Waals surface area contributed by atoms with Gasteiger partial charge in [0.25, 0.3) is 5.91 Å². The van der Waals surface area contributed by atoms with Crippen LogP contribution in [0.5, 0.6) is 0 Å². The normalized spacial score (nSPS) is 22.4. The highest BCUT2D eigenvalue weighted by atomic mass is 32.2. The average Bonchev–Trinajstić information content (AvgIpc) is 3.23. The van der Waals surface area contributed by atoms with Crippen LogP contribution in [0.1, 0.15) is 55.8 Å². The Morgan fingerprint density at radius 3 is 2.56 bits per heavy atom. The minimum Gasteiger partial charge on any atom is -0.373 e. The quantitative estimate of drug-likeness (QED) is 0.808. The molecule has 1 spiro atoms. The average molecular weight is 366 g/mol. The summed E-state index contributed by atoms with van der Waals surface area (Å²) >= 11 is 0. The number of carbonyl (C=O) groups excluding carboxylic acids is 1. The zero-order chi connectivity index (χ0) is 17.9. The summed E-state index contributed by atoms with van der Waals surface area (Å²) in [6.45, 7) is 2.85. The fourth-order valence-corrected chi connectivity index (χ4v) is 4.81. The maximum atomic E-state index is 12.4. The van der Waals surface area contributed by atoms with Crippen molar-refractivity contribution in [2.24, 2.45) is 0 Å². The molecular weight excluding hydrogens is 340 g/mol. The number of ether oxygens (including phenoxy) is 1. The van der Waals surface area contributed by atoms with E-state index in [4.69, 9.17) is 4.74 Å². The van der Waals surface area contributed by atoms with Crippen LogP contribution in [0.3, 0.4) is 0 Å². The van der Waals surface area contributed by atoms with Gasteiger partial charge >= 0.3 is 0 Å². The van der Waals surface area contributed by atoms with Crippen LogP contribution in [0, 0.1) is 0 Å². The van der Waals surface area contributed by atoms with E-state index in [2.05, 4.69) is 10.0 Å². The minimum atomic E-state index is -3.50. The zero-order valence-corrected chi connectivity index (χ0v) is 15.4. The monoisotopic (exact) mass is 366 g/mol. The zero-order valence-electron chi connectivity index (χ0n) is 14.6. The Hall–Kier alpha value is -1.44. The molecule has 3 rings (SSSR count). The van der Waals surface area contributed by atoms with Gasteiger partial charge in [0, 0.05) is 12.1 Å². The largest absolute Gasteiger partial charge is 0.373 e. The summed E-state index contributed by atoms with van der Waals surface area (Å²) in [5, 5.41) is 3.01. The van der Waals surface area contributed by atoms with Gasteiger partial charge in [-0.3, -0.25) is 4.79 Å². The molecule has 2 aliphatic rings. The molecule has 1 atom stereocenters. The summed E-state index contributed by atoms with van der Waals surface area (Å²) < 4.78 is 32.6. The number of amides is 1. The lowest BCUT2D eigenvalue weighted by Crippen LogP contribution is -2.36. The van der Waals surface area contributed by atoms with Crippen LogP contribution in [0.15, 0.2) is 29.2 Å². The minimum absolute atomic E-state index is 0.0270. The number of carbonyl (C=O) groups is 1. The number of nitrogens with one attached hydrogen (secondary N) is 2. The van der Waals surface area contributed by atoms with Gasteiger partial charge in [0.2, 0.25) is 10.0 Å². The van der Waals surface area contributed by atoms with Crippen molar-refractivity contribution in [1.82, 2.24) is 10.0 Å². The molecule has 2 N–H and O–H groups in total. The molecule has 0 bridgehead atoms. The van der Waals surface area contributed by atoms with Crippen molar-refractivity contribution in [3.63, 3.8) is 0 Å². The lowest BCUT2D eigenvalue weighted by atomic mass is 9.96. The Bertz CT molecular complexity index is 709. The molecule has 1 aliphatic carbocycles. The van der Waals surface area contributed by atoms with E-state index in [0.717, 1.165) is 25.7 Å². The summed E-state index contributed by atoms with van der Waals surface area (Å²) in [5.74, 6) is -0.186. The van der Waals surface area contributed by atoms with E-state index in [1.807, 2.05) is 6.92 Å². The third-order valence-electron chi connectivity index (χ3n) is 5.03. The number of benzene rings is 1. The van der Waals surface area contributed by atoms with E-state index < -0.39 is 10.0 Å². The summed E-state index contributed by atoms with van der Waals surface area (Å²) in [4.78, 5) is 12.6. The highest BCUT2D eigenvalue weighted by Gasteiger charge is 2.42. The van der Waals surface area contributed by atoms with Crippen LogP contribution in [0.2, 0.25) is 0 Å². The maximum Gasteiger partial charge on any atom is 0.251 e. The predicted octanol–water partition coefficient (Wildman–Crippen LogP) is 2.21. The standard InChI is InChI=1S/C18H26N2O4S/c1-2-11-19-25(22,23)16-7-5-14(6-8-16)17(21)20-15-12-18(24-13-15)9-3-4-10-18/h5-8,15,19H,2-4,9-13H2,1H3,(H,20,21)/t15-/m1/s1. The fourth-order valence-electron chi connectivity index (χ4n) is 3.68. The van der Waals surface area contributed by atoms with Crippen LogP contribution < -0.4 is 10.0 Å². The molecule has 6 nitrogen and oxygen atoms in total. The van der Waals surface area contributed by atoms with Gasteiger partial charge in [0.05, 0.1) is 23.1 Å². The van der Waals surface area contributed by atoms with Crippen molar-refractivity contribution in [2.45, 2.75) is 62.0 Å². The van der Waals surface area contributed by atoms with E-state index >= 15 is 0 Å². The van der Waals surface area contributed by atoms with Gasteiger partial charge in [-0.1, -0.05) is 19.8 Å². The summed E-state index contributed by atoms with van der Waals surface area (Å²) in [6.07, 6.45) is 6.15. The van der Waals surface area contributed by atoms with Gasteiger partial charge in [0.15, 0.2) is 0 Å². The van der Waals surface area contributed by atoms with Crippen LogP contribution in [-0.4, -0.2) is 39.1 Å². The smallest absolute Gasteiger partial charge is 0.251 e. The van der Waals surface area contributed by atoms with Crippen molar-refractivity contribution < 1.29 is 17.9 Å². The van der Waals surface area contributed by atoms with Crippen molar-refractivity contribution >= 4 is 15.9 Å². The molecule has 1 amide bonds. The third kappa shape index (κ3) is 4.22. The lowest BCUT2D eigenvalue weighted by molar-refractivity contribution is 0.00988. The molecule has 1 heterocycles. The molecule has 1 saturated heterocycles. The van der Waals surface area contributed by atoms with Crippen molar-refractivity contribution in [3.8, 4) is 0 Å². The topological polar surface area (TPSA) is 84.5 Å². The predicted molar refractivity (Wildman–Crippen MR) is 94.9 cm³/mol. The van der Waals surface area contributed by atoms with Crippen molar-refractivity contribution in [1.29, 1.82) is 0 Å². The Morgan fingerprint density at radius 1 is 1.24 bits per heavy atom. The van der Waals surface area contributed by atoms with Gasteiger partial charge in [0.1, 0.15) is 0 Å². The molecule has 138 valence electrons. The number of rotatable bonds is 6. The number of sulfonamides is 1. The Kier molecular flexibility index (Phi) is 5.46. The first kappa shape index (κ1) is 18.4. The molecule has 0 aromatic heterocycles. The van der Waals surface area contributed by atoms with Crippen LogP contribution in [-0.2, 0) is 14.8 Å². The maximum absolute atomic E-state index is 12.4. The number of hydrogen-bond donors (Lipinski definition) is 2. The highest BCUT2D eigenvalue weighted by molar-refractivity contribution is 7.89. The van der Waals surface area contributed by atoms with E-state index in [-0.39, 0.29) is 22.4 Å². The highest BCUT2D eigenvalue weighted by Crippen LogP contribution is 2.40. The Balaban J connectivity index is 1.60. The molecule has 1 aromatic carbocycles. The van der Waals surface area contributed by atoms with Gasteiger partial charge < -0.3 is 10.1 Å². The van der Waals surface area contributed by atoms with Crippen LogP contribution in [0.4, 0.5) is 0 Å². The summed E-state index contributed by atoms with van der Waals surface area (Å²) in [7, 11) is -3.50. The van der Waals surface area contributed by atoms with E-state index in [9.17, 15) is 13.2 Å². The van der Waals surface area contributed by atoms with E-state index in [1.165, 1.54) is 25.0 Å². The molecule has 2 fully saturated rings. The van der Waals surface area contributed by atoms with Gasteiger partial charge in [-0.25, -0.2) is 13.1 Å². The summed E-state index contributed by atoms with van der Waals surface area (Å²) in [5.41, 5.74) is 0.433. The first-order valence-electron chi connectivity index (χ1n) is 8.99. The first-order chi connectivity index (χ1) is 11.9. The van der Waals surface area contributed by atoms with E-state index in [1.54, 1.807) is 12.1 Å². The second kappa shape index (κ2) is 7.43. The first-order valence-corrected chi connectivity index (χ1v) is 10.5.